The number of hydrogen-bond donors (Lipinski definition) is 1. The van der Waals surface area contributed by atoms with E-state index >= 15 is 0 Å². The molecule has 0 atom stereocenters. The van der Waals surface area contributed by atoms with E-state index in [1.54, 1.807) is 22.7 Å². The molecule has 0 saturated carbocycles. The summed E-state index contributed by atoms with van der Waals surface area (Å²) in [5.74, 6) is 0.393. The van der Waals surface area contributed by atoms with E-state index in [0.29, 0.717) is 25.8 Å². The van der Waals surface area contributed by atoms with E-state index in [1.165, 1.54) is 22.7 Å². The number of amides is 1. The predicted octanol–water partition coefficient (Wildman–Crippen LogP) is 3.82. The number of halogens is 1. The molecule has 9 heteroatoms. The van der Waals surface area contributed by atoms with Gasteiger partial charge < -0.3 is 0 Å². The molecule has 0 saturated heterocycles. The zero-order chi connectivity index (χ0) is 15.8. The minimum atomic E-state index is -0.186. The number of benzene rings is 1. The van der Waals surface area contributed by atoms with Gasteiger partial charge in [-0.25, -0.2) is 0 Å². The van der Waals surface area contributed by atoms with Gasteiger partial charge in [0.2, 0.25) is 10.1 Å². The average Bonchev–Trinajstić information content (AvgIpc) is 3.23. The van der Waals surface area contributed by atoms with Crippen LogP contribution < -0.4 is 5.32 Å². The van der Waals surface area contributed by atoms with Crippen molar-refractivity contribution in [1.29, 1.82) is 0 Å². The first-order chi connectivity index (χ1) is 11.2. The van der Waals surface area contributed by atoms with Crippen molar-refractivity contribution in [1.82, 2.24) is 19.8 Å². The standard InChI is InChI=1S/C14H8ClN5OS2/c15-9-4-1-3-8(7-9)11-17-18-14-20(11)19-13(23-14)16-12(21)10-5-2-6-22-10/h1-7H,(H,16,19,21). The molecule has 4 aromatic rings. The van der Waals surface area contributed by atoms with Crippen LogP contribution in [0.3, 0.4) is 0 Å². The number of carbonyl (C=O) groups is 1. The van der Waals surface area contributed by atoms with Gasteiger partial charge in [0.05, 0.1) is 4.88 Å². The van der Waals surface area contributed by atoms with Crippen molar-refractivity contribution in [3.63, 3.8) is 0 Å². The lowest BCUT2D eigenvalue weighted by atomic mass is 10.2. The quantitative estimate of drug-likeness (QED) is 0.602. The van der Waals surface area contributed by atoms with Crippen LogP contribution in [-0.2, 0) is 0 Å². The summed E-state index contributed by atoms with van der Waals surface area (Å²) in [6.07, 6.45) is 0. The maximum Gasteiger partial charge on any atom is 0.267 e. The number of nitrogens with one attached hydrogen (secondary N) is 1. The maximum absolute atomic E-state index is 12.1. The van der Waals surface area contributed by atoms with Crippen LogP contribution in [-0.4, -0.2) is 25.7 Å². The molecule has 1 amide bonds. The van der Waals surface area contributed by atoms with Gasteiger partial charge >= 0.3 is 0 Å². The van der Waals surface area contributed by atoms with Crippen molar-refractivity contribution < 1.29 is 4.79 Å². The molecule has 0 aliphatic heterocycles. The molecular weight excluding hydrogens is 354 g/mol. The van der Waals surface area contributed by atoms with Crippen LogP contribution in [0.25, 0.3) is 16.3 Å². The first-order valence-corrected chi connectivity index (χ1v) is 8.61. The highest BCUT2D eigenvalue weighted by atomic mass is 35.5. The first-order valence-electron chi connectivity index (χ1n) is 6.54. The number of hydrogen-bond acceptors (Lipinski definition) is 6. The van der Waals surface area contributed by atoms with Crippen molar-refractivity contribution in [2.24, 2.45) is 0 Å². The van der Waals surface area contributed by atoms with Crippen LogP contribution in [0.2, 0.25) is 5.02 Å². The molecule has 114 valence electrons. The number of nitrogens with zero attached hydrogens (tertiary/aromatic N) is 4. The van der Waals surface area contributed by atoms with Gasteiger partial charge in [0.15, 0.2) is 5.82 Å². The second-order valence-corrected chi connectivity index (χ2v) is 6.91. The summed E-state index contributed by atoms with van der Waals surface area (Å²) in [4.78, 5) is 13.3. The summed E-state index contributed by atoms with van der Waals surface area (Å²) in [6.45, 7) is 0. The third kappa shape index (κ3) is 2.72. The van der Waals surface area contributed by atoms with Crippen molar-refractivity contribution in [2.45, 2.75) is 0 Å². The third-order valence-corrected chi connectivity index (χ3v) is 4.96. The van der Waals surface area contributed by atoms with E-state index in [-0.39, 0.29) is 5.91 Å². The van der Waals surface area contributed by atoms with Crippen molar-refractivity contribution in [2.75, 3.05) is 5.32 Å². The Kier molecular flexibility index (Phi) is 3.56. The van der Waals surface area contributed by atoms with Crippen LogP contribution in [0.4, 0.5) is 5.13 Å². The van der Waals surface area contributed by atoms with Gasteiger partial charge in [-0.3, -0.25) is 10.1 Å². The molecule has 3 heterocycles. The predicted molar refractivity (Wildman–Crippen MR) is 91.4 cm³/mol. The molecule has 23 heavy (non-hydrogen) atoms. The molecule has 0 unspecified atom stereocenters. The minimum Gasteiger partial charge on any atom is -0.296 e. The molecule has 0 fully saturated rings. The van der Waals surface area contributed by atoms with Crippen LogP contribution in [0.1, 0.15) is 9.67 Å². The Balaban J connectivity index is 1.68. The lowest BCUT2D eigenvalue weighted by molar-refractivity contribution is 0.103. The Hall–Kier alpha value is -2.29. The first kappa shape index (κ1) is 14.3. The molecule has 0 aliphatic rings. The van der Waals surface area contributed by atoms with Gasteiger partial charge in [-0.05, 0) is 23.6 Å². The number of rotatable bonds is 3. The molecule has 4 rings (SSSR count). The summed E-state index contributed by atoms with van der Waals surface area (Å²) in [5.41, 5.74) is 0.812. The largest absolute Gasteiger partial charge is 0.296 e. The normalized spacial score (nSPS) is 11.0. The van der Waals surface area contributed by atoms with Gasteiger partial charge in [-0.15, -0.1) is 26.6 Å². The Morgan fingerprint density at radius 1 is 1.22 bits per heavy atom. The second kappa shape index (κ2) is 5.73. The molecule has 1 aromatic carbocycles. The zero-order valence-corrected chi connectivity index (χ0v) is 13.8. The molecule has 1 N–H and O–H groups in total. The van der Waals surface area contributed by atoms with E-state index in [1.807, 2.05) is 23.6 Å². The van der Waals surface area contributed by atoms with E-state index in [0.717, 1.165) is 5.56 Å². The maximum atomic E-state index is 12.1. The van der Waals surface area contributed by atoms with Crippen LogP contribution in [0.5, 0.6) is 0 Å². The number of anilines is 1. The smallest absolute Gasteiger partial charge is 0.267 e. The molecule has 0 radical (unpaired) electrons. The van der Waals surface area contributed by atoms with Gasteiger partial charge in [0.25, 0.3) is 5.91 Å². The lowest BCUT2D eigenvalue weighted by Gasteiger charge is -1.98. The molecular formula is C14H8ClN5OS2. The van der Waals surface area contributed by atoms with Crippen LogP contribution >= 0.6 is 34.3 Å². The minimum absolute atomic E-state index is 0.186. The summed E-state index contributed by atoms with van der Waals surface area (Å²) in [5, 5.41) is 18.3. The van der Waals surface area contributed by atoms with Crippen molar-refractivity contribution in [3.8, 4) is 11.4 Å². The highest BCUT2D eigenvalue weighted by Crippen LogP contribution is 2.26. The summed E-state index contributed by atoms with van der Waals surface area (Å²) in [6, 6.07) is 10.9. The van der Waals surface area contributed by atoms with E-state index in [9.17, 15) is 4.79 Å². The topological polar surface area (TPSA) is 72.2 Å². The van der Waals surface area contributed by atoms with E-state index < -0.39 is 0 Å². The molecule has 0 spiro atoms. The summed E-state index contributed by atoms with van der Waals surface area (Å²) in [7, 11) is 0. The average molecular weight is 362 g/mol. The number of carbonyl (C=O) groups excluding carboxylic acids is 1. The lowest BCUT2D eigenvalue weighted by Crippen LogP contribution is -2.10. The Morgan fingerprint density at radius 3 is 2.91 bits per heavy atom. The highest BCUT2D eigenvalue weighted by molar-refractivity contribution is 7.20. The summed E-state index contributed by atoms with van der Waals surface area (Å²) < 4.78 is 1.60. The van der Waals surface area contributed by atoms with Gasteiger partial charge in [-0.2, -0.15) is 4.52 Å². The van der Waals surface area contributed by atoms with Gasteiger partial charge in [0, 0.05) is 10.6 Å². The fraction of sp³-hybridized carbons (Fsp3) is 0. The third-order valence-electron chi connectivity index (χ3n) is 3.04. The van der Waals surface area contributed by atoms with Crippen LogP contribution in [0.15, 0.2) is 41.8 Å². The Bertz CT molecular complexity index is 992. The zero-order valence-electron chi connectivity index (χ0n) is 11.4. The SMILES string of the molecule is O=C(Nc1nn2c(-c3cccc(Cl)c3)nnc2s1)c1cccs1. The molecule has 6 nitrogen and oxygen atoms in total. The number of thiophene rings is 1. The fourth-order valence-corrected chi connectivity index (χ4v) is 3.59. The Labute approximate surface area is 143 Å². The number of aromatic nitrogens is 4. The van der Waals surface area contributed by atoms with E-state index in [4.69, 9.17) is 11.6 Å². The molecule has 3 aromatic heterocycles. The second-order valence-electron chi connectivity index (χ2n) is 4.57. The monoisotopic (exact) mass is 361 g/mol. The van der Waals surface area contributed by atoms with E-state index in [2.05, 4.69) is 20.6 Å². The fourth-order valence-electron chi connectivity index (χ4n) is 2.04. The molecule has 0 bridgehead atoms. The Morgan fingerprint density at radius 2 is 2.13 bits per heavy atom. The highest BCUT2D eigenvalue weighted by Gasteiger charge is 2.16. The van der Waals surface area contributed by atoms with Crippen molar-refractivity contribution in [3.05, 3.63) is 51.7 Å². The van der Waals surface area contributed by atoms with Gasteiger partial charge in [0.1, 0.15) is 0 Å². The summed E-state index contributed by atoms with van der Waals surface area (Å²) >= 11 is 8.65. The number of fused-ring (bicyclic) bond motifs is 1. The van der Waals surface area contributed by atoms with Gasteiger partial charge in [-0.1, -0.05) is 41.1 Å². The molecule has 0 aliphatic carbocycles. The van der Waals surface area contributed by atoms with Crippen molar-refractivity contribution >= 4 is 50.3 Å². The van der Waals surface area contributed by atoms with Crippen LogP contribution in [0, 0.1) is 0 Å².